The number of aryl methyl sites for hydroxylation is 1. The second-order valence-electron chi connectivity index (χ2n) is 4.61. The summed E-state index contributed by atoms with van der Waals surface area (Å²) >= 11 is 0. The Hall–Kier alpha value is -1.69. The Bertz CT molecular complexity index is 450. The summed E-state index contributed by atoms with van der Waals surface area (Å²) in [5, 5.41) is 3.24. The van der Waals surface area contributed by atoms with Crippen molar-refractivity contribution in [1.82, 2.24) is 14.9 Å². The molecule has 0 spiro atoms. The van der Waals surface area contributed by atoms with Crippen molar-refractivity contribution in [1.29, 1.82) is 0 Å². The molecule has 0 atom stereocenters. The van der Waals surface area contributed by atoms with Gasteiger partial charge in [-0.3, -0.25) is 4.79 Å². The van der Waals surface area contributed by atoms with Crippen LogP contribution in [0.4, 0.5) is 5.82 Å². The summed E-state index contributed by atoms with van der Waals surface area (Å²) in [5.74, 6) is 1.50. The van der Waals surface area contributed by atoms with Crippen LogP contribution in [0.3, 0.4) is 0 Å². The Labute approximate surface area is 113 Å². The number of amides is 1. The molecule has 6 heteroatoms. The maximum Gasteiger partial charge on any atom is 0.249 e. The summed E-state index contributed by atoms with van der Waals surface area (Å²) in [4.78, 5) is 22.2. The van der Waals surface area contributed by atoms with E-state index in [4.69, 9.17) is 4.74 Å². The first-order valence-electron chi connectivity index (χ1n) is 6.63. The highest BCUT2D eigenvalue weighted by atomic mass is 16.5. The van der Waals surface area contributed by atoms with E-state index in [-0.39, 0.29) is 12.5 Å². The molecule has 1 fully saturated rings. The third-order valence-electron chi connectivity index (χ3n) is 2.87. The largest absolute Gasteiger partial charge is 0.370 e. The van der Waals surface area contributed by atoms with Gasteiger partial charge in [0.15, 0.2) is 0 Å². The molecule has 0 saturated carbocycles. The number of nitrogens with zero attached hydrogens (tertiary/aromatic N) is 3. The standard InChI is InChI=1S/C13H20N4O2/c1-3-4-14-11-7-10(2)15-12(16-11)8-17-5-6-19-9-13(17)18/h7H,3-6,8-9H2,1-2H3,(H,14,15,16). The van der Waals surface area contributed by atoms with E-state index in [1.54, 1.807) is 4.90 Å². The van der Waals surface area contributed by atoms with Crippen LogP contribution in [0.15, 0.2) is 6.07 Å². The first-order chi connectivity index (χ1) is 9.19. The molecule has 0 aromatic carbocycles. The number of hydrogen-bond donors (Lipinski definition) is 1. The van der Waals surface area contributed by atoms with E-state index in [1.807, 2.05) is 13.0 Å². The highest BCUT2D eigenvalue weighted by Crippen LogP contribution is 2.10. The summed E-state index contributed by atoms with van der Waals surface area (Å²) in [7, 11) is 0. The van der Waals surface area contributed by atoms with Crippen molar-refractivity contribution in [3.63, 3.8) is 0 Å². The van der Waals surface area contributed by atoms with Crippen LogP contribution in [-0.4, -0.2) is 47.1 Å². The minimum atomic E-state index is -0.000534. The molecule has 1 saturated heterocycles. The normalized spacial score (nSPS) is 15.7. The maximum atomic E-state index is 11.7. The molecule has 0 unspecified atom stereocenters. The van der Waals surface area contributed by atoms with Crippen LogP contribution in [0.2, 0.25) is 0 Å². The van der Waals surface area contributed by atoms with Crippen molar-refractivity contribution in [2.45, 2.75) is 26.8 Å². The zero-order chi connectivity index (χ0) is 13.7. The minimum Gasteiger partial charge on any atom is -0.370 e. The molecule has 0 radical (unpaired) electrons. The molecule has 1 aliphatic heterocycles. The van der Waals surface area contributed by atoms with Gasteiger partial charge in [0.2, 0.25) is 5.91 Å². The van der Waals surface area contributed by atoms with Gasteiger partial charge in [0.1, 0.15) is 18.2 Å². The Morgan fingerprint density at radius 3 is 3.05 bits per heavy atom. The molecule has 0 aliphatic carbocycles. The average Bonchev–Trinajstić information content (AvgIpc) is 2.38. The molecule has 1 N–H and O–H groups in total. The predicted octanol–water partition coefficient (Wildman–Crippen LogP) is 0.966. The van der Waals surface area contributed by atoms with Crippen LogP contribution >= 0.6 is 0 Å². The smallest absolute Gasteiger partial charge is 0.249 e. The van der Waals surface area contributed by atoms with Crippen molar-refractivity contribution in [2.24, 2.45) is 0 Å². The molecule has 1 amide bonds. The SMILES string of the molecule is CCCNc1cc(C)nc(CN2CCOCC2=O)n1. The highest BCUT2D eigenvalue weighted by molar-refractivity contribution is 5.77. The summed E-state index contributed by atoms with van der Waals surface area (Å²) < 4.78 is 5.11. The van der Waals surface area contributed by atoms with E-state index in [1.165, 1.54) is 0 Å². The van der Waals surface area contributed by atoms with Gasteiger partial charge in [-0.2, -0.15) is 0 Å². The number of rotatable bonds is 5. The van der Waals surface area contributed by atoms with Gasteiger partial charge in [0.05, 0.1) is 13.2 Å². The van der Waals surface area contributed by atoms with E-state index < -0.39 is 0 Å². The second kappa shape index (κ2) is 6.47. The number of carbonyl (C=O) groups excluding carboxylic acids is 1. The Kier molecular flexibility index (Phi) is 4.68. The first kappa shape index (κ1) is 13.7. The zero-order valence-corrected chi connectivity index (χ0v) is 11.5. The van der Waals surface area contributed by atoms with Crippen molar-refractivity contribution in [3.8, 4) is 0 Å². The van der Waals surface area contributed by atoms with Gasteiger partial charge >= 0.3 is 0 Å². The second-order valence-corrected chi connectivity index (χ2v) is 4.61. The summed E-state index contributed by atoms with van der Waals surface area (Å²) in [6, 6.07) is 1.92. The Morgan fingerprint density at radius 1 is 1.47 bits per heavy atom. The van der Waals surface area contributed by atoms with Crippen LogP contribution in [0.25, 0.3) is 0 Å². The monoisotopic (exact) mass is 264 g/mol. The van der Waals surface area contributed by atoms with E-state index in [9.17, 15) is 4.79 Å². The van der Waals surface area contributed by atoms with Crippen molar-refractivity contribution in [3.05, 3.63) is 17.6 Å². The molecule has 2 rings (SSSR count). The van der Waals surface area contributed by atoms with Gasteiger partial charge < -0.3 is 15.0 Å². The number of hydrogen-bond acceptors (Lipinski definition) is 5. The first-order valence-corrected chi connectivity index (χ1v) is 6.63. The molecular formula is C13H20N4O2. The number of carbonyl (C=O) groups is 1. The molecule has 19 heavy (non-hydrogen) atoms. The molecule has 1 aromatic heterocycles. The van der Waals surface area contributed by atoms with Gasteiger partial charge in [0, 0.05) is 24.8 Å². The van der Waals surface area contributed by atoms with Gasteiger partial charge in [-0.1, -0.05) is 6.92 Å². The van der Waals surface area contributed by atoms with E-state index >= 15 is 0 Å². The van der Waals surface area contributed by atoms with E-state index in [0.717, 1.165) is 24.5 Å². The number of morpholine rings is 1. The van der Waals surface area contributed by atoms with Crippen molar-refractivity contribution in [2.75, 3.05) is 31.6 Å². The lowest BCUT2D eigenvalue weighted by Gasteiger charge is -2.26. The Morgan fingerprint density at radius 2 is 2.32 bits per heavy atom. The van der Waals surface area contributed by atoms with Gasteiger partial charge in [-0.25, -0.2) is 9.97 Å². The Balaban J connectivity index is 2.06. The van der Waals surface area contributed by atoms with Gasteiger partial charge in [-0.15, -0.1) is 0 Å². The quantitative estimate of drug-likeness (QED) is 0.858. The average molecular weight is 264 g/mol. The van der Waals surface area contributed by atoms with Crippen LogP contribution < -0.4 is 5.32 Å². The third kappa shape index (κ3) is 3.89. The lowest BCUT2D eigenvalue weighted by atomic mass is 10.3. The summed E-state index contributed by atoms with van der Waals surface area (Å²) in [5.41, 5.74) is 0.907. The molecule has 6 nitrogen and oxygen atoms in total. The van der Waals surface area contributed by atoms with Gasteiger partial charge in [0.25, 0.3) is 0 Å². The lowest BCUT2D eigenvalue weighted by molar-refractivity contribution is -0.143. The van der Waals surface area contributed by atoms with Crippen molar-refractivity contribution < 1.29 is 9.53 Å². The van der Waals surface area contributed by atoms with E-state index in [0.29, 0.717) is 25.5 Å². The molecule has 0 bridgehead atoms. The van der Waals surface area contributed by atoms with Gasteiger partial charge in [-0.05, 0) is 13.3 Å². The van der Waals surface area contributed by atoms with Crippen LogP contribution in [-0.2, 0) is 16.1 Å². The van der Waals surface area contributed by atoms with E-state index in [2.05, 4.69) is 22.2 Å². The number of nitrogens with one attached hydrogen (secondary N) is 1. The van der Waals surface area contributed by atoms with Crippen molar-refractivity contribution >= 4 is 11.7 Å². The topological polar surface area (TPSA) is 67.3 Å². The molecular weight excluding hydrogens is 244 g/mol. The highest BCUT2D eigenvalue weighted by Gasteiger charge is 2.19. The molecule has 104 valence electrons. The zero-order valence-electron chi connectivity index (χ0n) is 11.5. The fraction of sp³-hybridized carbons (Fsp3) is 0.615. The lowest BCUT2D eigenvalue weighted by Crippen LogP contribution is -2.41. The molecule has 2 heterocycles. The van der Waals surface area contributed by atoms with Crippen LogP contribution in [0.1, 0.15) is 24.9 Å². The van der Waals surface area contributed by atoms with Crippen LogP contribution in [0, 0.1) is 6.92 Å². The summed E-state index contributed by atoms with van der Waals surface area (Å²) in [6.07, 6.45) is 1.04. The summed E-state index contributed by atoms with van der Waals surface area (Å²) in [6.45, 7) is 6.72. The maximum absolute atomic E-state index is 11.7. The molecule has 1 aliphatic rings. The number of anilines is 1. The fourth-order valence-corrected chi connectivity index (χ4v) is 1.93. The predicted molar refractivity (Wildman–Crippen MR) is 71.8 cm³/mol. The minimum absolute atomic E-state index is 0.000534. The number of ether oxygens (including phenoxy) is 1. The van der Waals surface area contributed by atoms with Crippen LogP contribution in [0.5, 0.6) is 0 Å². The molecule has 1 aromatic rings. The fourth-order valence-electron chi connectivity index (χ4n) is 1.93. The number of aromatic nitrogens is 2. The third-order valence-corrected chi connectivity index (χ3v) is 2.87.